The molecule has 2 saturated heterocycles. The maximum absolute atomic E-state index is 14.9. The number of phenolic OH excluding ortho intramolecular Hbond substituents is 1. The lowest BCUT2D eigenvalue weighted by Crippen LogP contribution is -2.55. The lowest BCUT2D eigenvalue weighted by Gasteiger charge is -2.38. The Labute approximate surface area is 179 Å². The molecule has 2 aromatic heterocycles. The molecule has 0 spiro atoms. The molecule has 5 rings (SSSR count). The van der Waals surface area contributed by atoms with E-state index in [-0.39, 0.29) is 23.4 Å². The van der Waals surface area contributed by atoms with Crippen LogP contribution in [-0.4, -0.2) is 51.4 Å². The molecule has 0 aliphatic carbocycles. The number of benzene rings is 1. The van der Waals surface area contributed by atoms with Crippen LogP contribution >= 0.6 is 0 Å². The number of aromatic amines is 1. The number of nitrogens with one attached hydrogen (secondary N) is 2. The van der Waals surface area contributed by atoms with E-state index in [1.54, 1.807) is 36.8 Å². The molecule has 7 nitrogen and oxygen atoms in total. The summed E-state index contributed by atoms with van der Waals surface area (Å²) in [5.41, 5.74) is 2.30. The Morgan fingerprint density at radius 1 is 1.13 bits per heavy atom. The largest absolute Gasteiger partial charge is 0.507 e. The topological polar surface area (TPSA) is 94.1 Å². The highest BCUT2D eigenvalue weighted by Crippen LogP contribution is 2.34. The first kappa shape index (κ1) is 19.7. The first-order valence-electron chi connectivity index (χ1n) is 10.5. The third kappa shape index (κ3) is 3.67. The van der Waals surface area contributed by atoms with Crippen molar-refractivity contribution in [2.45, 2.75) is 43.6 Å². The van der Waals surface area contributed by atoms with Gasteiger partial charge in [0.2, 0.25) is 5.56 Å². The molecule has 0 saturated carbocycles. The van der Waals surface area contributed by atoms with Gasteiger partial charge in [0.05, 0.1) is 24.1 Å². The fourth-order valence-corrected chi connectivity index (χ4v) is 4.71. The Hall–Kier alpha value is -3.26. The number of phenols is 1. The van der Waals surface area contributed by atoms with Crippen molar-refractivity contribution in [2.24, 2.45) is 0 Å². The van der Waals surface area contributed by atoms with Crippen molar-refractivity contribution in [3.8, 4) is 28.1 Å². The summed E-state index contributed by atoms with van der Waals surface area (Å²) < 4.78 is 14.9. The molecular formula is C23H24FN5O2. The average Bonchev–Trinajstić information content (AvgIpc) is 3.19. The van der Waals surface area contributed by atoms with Gasteiger partial charge in [-0.3, -0.25) is 9.78 Å². The van der Waals surface area contributed by atoms with Gasteiger partial charge in [-0.2, -0.15) is 0 Å². The van der Waals surface area contributed by atoms with Crippen LogP contribution in [0.15, 0.2) is 53.7 Å². The Kier molecular flexibility index (Phi) is 4.94. The van der Waals surface area contributed by atoms with Crippen LogP contribution in [0, 0.1) is 0 Å². The number of fused-ring (bicyclic) bond motifs is 2. The third-order valence-corrected chi connectivity index (χ3v) is 6.43. The van der Waals surface area contributed by atoms with E-state index < -0.39 is 6.17 Å². The van der Waals surface area contributed by atoms with E-state index in [9.17, 15) is 14.3 Å². The molecular weight excluding hydrogens is 397 g/mol. The molecule has 8 heteroatoms. The van der Waals surface area contributed by atoms with E-state index in [2.05, 4.69) is 20.3 Å². The van der Waals surface area contributed by atoms with Crippen LogP contribution < -0.4 is 15.8 Å². The van der Waals surface area contributed by atoms with Crippen molar-refractivity contribution in [3.05, 3.63) is 59.3 Å². The summed E-state index contributed by atoms with van der Waals surface area (Å²) in [4.78, 5) is 24.9. The van der Waals surface area contributed by atoms with Crippen molar-refractivity contribution < 1.29 is 9.50 Å². The molecule has 31 heavy (non-hydrogen) atoms. The van der Waals surface area contributed by atoms with Gasteiger partial charge < -0.3 is 20.3 Å². The van der Waals surface area contributed by atoms with Crippen molar-refractivity contribution in [3.63, 3.8) is 0 Å². The van der Waals surface area contributed by atoms with E-state index in [1.807, 2.05) is 18.0 Å². The Bertz CT molecular complexity index is 1150. The number of rotatable bonds is 4. The zero-order valence-electron chi connectivity index (χ0n) is 17.1. The number of halogens is 1. The predicted molar refractivity (Wildman–Crippen MR) is 117 cm³/mol. The summed E-state index contributed by atoms with van der Waals surface area (Å²) in [5, 5.41) is 13.9. The summed E-state index contributed by atoms with van der Waals surface area (Å²) in [7, 11) is 1.86. The fraction of sp³-hybridized carbons (Fsp3) is 0.348. The van der Waals surface area contributed by atoms with Crippen molar-refractivity contribution in [2.75, 3.05) is 11.9 Å². The molecule has 3 aromatic rings. The smallest absolute Gasteiger partial charge is 0.248 e. The van der Waals surface area contributed by atoms with E-state index in [0.29, 0.717) is 28.7 Å². The molecule has 2 bridgehead atoms. The molecule has 2 fully saturated rings. The fourth-order valence-electron chi connectivity index (χ4n) is 4.71. The number of pyridine rings is 1. The van der Waals surface area contributed by atoms with Crippen molar-refractivity contribution >= 4 is 5.82 Å². The number of hydrogen-bond donors (Lipinski definition) is 3. The van der Waals surface area contributed by atoms with E-state index >= 15 is 0 Å². The van der Waals surface area contributed by atoms with E-state index in [4.69, 9.17) is 0 Å². The van der Waals surface area contributed by atoms with Gasteiger partial charge in [-0.15, -0.1) is 0 Å². The van der Waals surface area contributed by atoms with Gasteiger partial charge in [0.15, 0.2) is 0 Å². The minimum absolute atomic E-state index is 0.0481. The SMILES string of the molecule is CN(c1cnc(-c2ccc(-c3cc[nH]c(=O)c3)cc2O)cn1)[C@H]1C[C@@H]2CCC(N2)[C@H]1F. The molecule has 4 atom stereocenters. The van der Waals surface area contributed by atoms with Crippen LogP contribution in [-0.2, 0) is 0 Å². The number of H-pyrrole nitrogens is 1. The summed E-state index contributed by atoms with van der Waals surface area (Å²) in [5.74, 6) is 0.657. The van der Waals surface area contributed by atoms with Gasteiger partial charge in [0.25, 0.3) is 0 Å². The summed E-state index contributed by atoms with van der Waals surface area (Å²) in [6, 6.07) is 8.49. The van der Waals surface area contributed by atoms with Crippen LogP contribution in [0.3, 0.4) is 0 Å². The minimum atomic E-state index is -0.938. The average molecular weight is 421 g/mol. The maximum Gasteiger partial charge on any atom is 0.248 e. The lowest BCUT2D eigenvalue weighted by atomic mass is 9.96. The molecule has 0 radical (unpaired) electrons. The second-order valence-corrected chi connectivity index (χ2v) is 8.34. The van der Waals surface area contributed by atoms with Crippen LogP contribution in [0.25, 0.3) is 22.4 Å². The molecule has 1 unspecified atom stereocenters. The third-order valence-electron chi connectivity index (χ3n) is 6.43. The lowest BCUT2D eigenvalue weighted by molar-refractivity contribution is 0.176. The Morgan fingerprint density at radius 3 is 2.71 bits per heavy atom. The second kappa shape index (κ2) is 7.77. The first-order valence-corrected chi connectivity index (χ1v) is 10.5. The van der Waals surface area contributed by atoms with E-state index in [1.165, 1.54) is 6.07 Å². The molecule has 4 heterocycles. The maximum atomic E-state index is 14.9. The first-order chi connectivity index (χ1) is 15.0. The zero-order chi connectivity index (χ0) is 21.5. The normalized spacial score (nSPS) is 24.8. The van der Waals surface area contributed by atoms with Gasteiger partial charge in [-0.25, -0.2) is 9.37 Å². The predicted octanol–water partition coefficient (Wildman–Crippen LogP) is 2.87. The van der Waals surface area contributed by atoms with Crippen LogP contribution in [0.4, 0.5) is 10.2 Å². The van der Waals surface area contributed by atoms with Crippen LogP contribution in [0.5, 0.6) is 5.75 Å². The summed E-state index contributed by atoms with van der Waals surface area (Å²) in [6.07, 6.45) is 6.50. The highest BCUT2D eigenvalue weighted by molar-refractivity contribution is 5.74. The second-order valence-electron chi connectivity index (χ2n) is 8.34. The van der Waals surface area contributed by atoms with Crippen LogP contribution in [0.1, 0.15) is 19.3 Å². The number of nitrogens with zero attached hydrogens (tertiary/aromatic N) is 3. The molecule has 0 amide bonds. The molecule has 2 aliphatic rings. The highest BCUT2D eigenvalue weighted by atomic mass is 19.1. The van der Waals surface area contributed by atoms with Crippen molar-refractivity contribution in [1.82, 2.24) is 20.3 Å². The quantitative estimate of drug-likeness (QED) is 0.600. The highest BCUT2D eigenvalue weighted by Gasteiger charge is 2.43. The number of piperidine rings is 1. The number of alkyl halides is 1. The van der Waals surface area contributed by atoms with Gasteiger partial charge >= 0.3 is 0 Å². The molecule has 2 aliphatic heterocycles. The monoisotopic (exact) mass is 421 g/mol. The molecule has 3 N–H and O–H groups in total. The summed E-state index contributed by atoms with van der Waals surface area (Å²) >= 11 is 0. The minimum Gasteiger partial charge on any atom is -0.507 e. The summed E-state index contributed by atoms with van der Waals surface area (Å²) in [6.45, 7) is 0. The molecule has 1 aromatic carbocycles. The van der Waals surface area contributed by atoms with Crippen LogP contribution in [0.2, 0.25) is 0 Å². The van der Waals surface area contributed by atoms with Gasteiger partial charge in [0.1, 0.15) is 17.7 Å². The zero-order valence-corrected chi connectivity index (χ0v) is 17.1. The number of aromatic nitrogens is 3. The van der Waals surface area contributed by atoms with Gasteiger partial charge in [-0.05, 0) is 48.6 Å². The number of anilines is 1. The Morgan fingerprint density at radius 2 is 1.97 bits per heavy atom. The standard InChI is InChI=1S/C23H24FN5O2/c1-29(19-10-15-3-5-17(28-15)23(19)24)21-12-26-18(11-27-21)16-4-2-13(8-20(16)30)14-6-7-25-22(31)9-14/h2,4,6-9,11-12,15,17,19,23,28,30H,3,5,10H2,1H3,(H,25,31)/t15-,17?,19-,23+/m0/s1. The van der Waals surface area contributed by atoms with Crippen molar-refractivity contribution in [1.29, 1.82) is 0 Å². The number of aromatic hydroxyl groups is 1. The van der Waals surface area contributed by atoms with E-state index in [0.717, 1.165) is 24.8 Å². The Balaban J connectivity index is 1.37. The van der Waals surface area contributed by atoms with Gasteiger partial charge in [0, 0.05) is 37.0 Å². The molecule has 160 valence electrons. The number of hydrogen-bond acceptors (Lipinski definition) is 6. The van der Waals surface area contributed by atoms with Gasteiger partial charge in [-0.1, -0.05) is 6.07 Å².